The number of hydrogen-bond donors (Lipinski definition) is 2. The van der Waals surface area contributed by atoms with Crippen molar-refractivity contribution in [3.8, 4) is 0 Å². The number of aliphatic imine (C=N–C) groups is 1. The molecular formula is C23H41IN6O. The number of benzene rings is 1. The second kappa shape index (κ2) is 14.9. The fourth-order valence-corrected chi connectivity index (χ4v) is 4.04. The van der Waals surface area contributed by atoms with Gasteiger partial charge in [0.25, 0.3) is 0 Å². The third-order valence-corrected chi connectivity index (χ3v) is 5.81. The molecule has 2 fully saturated rings. The highest BCUT2D eigenvalue weighted by Gasteiger charge is 2.16. The van der Waals surface area contributed by atoms with Crippen LogP contribution in [0.3, 0.4) is 0 Å². The van der Waals surface area contributed by atoms with Gasteiger partial charge < -0.3 is 20.3 Å². The first-order valence-corrected chi connectivity index (χ1v) is 11.6. The molecule has 1 aromatic carbocycles. The SMILES string of the molecule is CCNC(=NCCCN1CCN(c2cccc(C)c2)CC1)NCCN1CCOCC1.I. The molecule has 2 saturated heterocycles. The van der Waals surface area contributed by atoms with Gasteiger partial charge in [0.2, 0.25) is 0 Å². The number of aryl methyl sites for hydroxylation is 1. The van der Waals surface area contributed by atoms with E-state index in [2.05, 4.69) is 63.4 Å². The lowest BCUT2D eigenvalue weighted by atomic mass is 10.2. The summed E-state index contributed by atoms with van der Waals surface area (Å²) in [7, 11) is 0. The number of anilines is 1. The quantitative estimate of drug-likeness (QED) is 0.215. The maximum Gasteiger partial charge on any atom is 0.191 e. The lowest BCUT2D eigenvalue weighted by Gasteiger charge is -2.36. The zero-order chi connectivity index (χ0) is 21.0. The van der Waals surface area contributed by atoms with E-state index in [9.17, 15) is 0 Å². The summed E-state index contributed by atoms with van der Waals surface area (Å²) in [6.45, 7) is 17.4. The molecule has 0 bridgehead atoms. The molecule has 8 heteroatoms. The van der Waals surface area contributed by atoms with Crippen LogP contribution in [0.1, 0.15) is 18.9 Å². The molecule has 1 aromatic rings. The monoisotopic (exact) mass is 544 g/mol. The molecule has 0 atom stereocenters. The van der Waals surface area contributed by atoms with E-state index in [0.717, 1.165) is 97.6 Å². The molecular weight excluding hydrogens is 503 g/mol. The van der Waals surface area contributed by atoms with Crippen LogP contribution in [0, 0.1) is 6.92 Å². The molecule has 7 nitrogen and oxygen atoms in total. The average molecular weight is 545 g/mol. The largest absolute Gasteiger partial charge is 0.379 e. The topological polar surface area (TPSA) is 55.4 Å². The van der Waals surface area contributed by atoms with Crippen molar-refractivity contribution in [1.82, 2.24) is 20.4 Å². The summed E-state index contributed by atoms with van der Waals surface area (Å²) < 4.78 is 5.41. The molecule has 0 saturated carbocycles. The Hall–Kier alpha value is -1.10. The molecule has 0 aliphatic carbocycles. The van der Waals surface area contributed by atoms with E-state index in [1.165, 1.54) is 11.3 Å². The number of hydrogen-bond acceptors (Lipinski definition) is 5. The smallest absolute Gasteiger partial charge is 0.191 e. The first kappa shape index (κ1) is 26.2. The van der Waals surface area contributed by atoms with E-state index in [-0.39, 0.29) is 24.0 Å². The second-order valence-corrected chi connectivity index (χ2v) is 8.16. The Morgan fingerprint density at radius 3 is 2.45 bits per heavy atom. The van der Waals surface area contributed by atoms with Crippen molar-refractivity contribution in [1.29, 1.82) is 0 Å². The molecule has 2 aliphatic rings. The average Bonchev–Trinajstić information content (AvgIpc) is 2.78. The van der Waals surface area contributed by atoms with Gasteiger partial charge in [-0.25, -0.2) is 0 Å². The lowest BCUT2D eigenvalue weighted by Crippen LogP contribution is -2.46. The van der Waals surface area contributed by atoms with Gasteiger partial charge in [-0.15, -0.1) is 24.0 Å². The molecule has 0 spiro atoms. The van der Waals surface area contributed by atoms with Crippen molar-refractivity contribution < 1.29 is 4.74 Å². The number of halogens is 1. The number of rotatable bonds is 9. The van der Waals surface area contributed by atoms with Gasteiger partial charge in [0.15, 0.2) is 5.96 Å². The Labute approximate surface area is 205 Å². The summed E-state index contributed by atoms with van der Waals surface area (Å²) >= 11 is 0. The van der Waals surface area contributed by atoms with E-state index in [0.29, 0.717) is 0 Å². The van der Waals surface area contributed by atoms with Crippen LogP contribution in [-0.4, -0.2) is 101 Å². The third kappa shape index (κ3) is 9.51. The Morgan fingerprint density at radius 2 is 1.74 bits per heavy atom. The summed E-state index contributed by atoms with van der Waals surface area (Å²) in [6, 6.07) is 8.84. The zero-order valence-electron chi connectivity index (χ0n) is 19.3. The first-order valence-electron chi connectivity index (χ1n) is 11.6. The highest BCUT2D eigenvalue weighted by Crippen LogP contribution is 2.17. The van der Waals surface area contributed by atoms with Gasteiger partial charge in [0.1, 0.15) is 0 Å². The molecule has 2 heterocycles. The van der Waals surface area contributed by atoms with Crippen LogP contribution in [0.4, 0.5) is 5.69 Å². The normalized spacial score (nSPS) is 18.5. The van der Waals surface area contributed by atoms with Crippen molar-refractivity contribution in [3.05, 3.63) is 29.8 Å². The molecule has 3 rings (SSSR count). The number of morpholine rings is 1. The maximum atomic E-state index is 5.41. The van der Waals surface area contributed by atoms with Crippen LogP contribution >= 0.6 is 24.0 Å². The molecule has 2 aliphatic heterocycles. The Morgan fingerprint density at radius 1 is 1.00 bits per heavy atom. The molecule has 0 unspecified atom stereocenters. The number of nitrogens with zero attached hydrogens (tertiary/aromatic N) is 4. The molecule has 2 N–H and O–H groups in total. The molecule has 176 valence electrons. The van der Waals surface area contributed by atoms with Crippen LogP contribution in [-0.2, 0) is 4.74 Å². The van der Waals surface area contributed by atoms with Gasteiger partial charge in [-0.2, -0.15) is 0 Å². The Bertz CT molecular complexity index is 645. The van der Waals surface area contributed by atoms with Crippen molar-refractivity contribution >= 4 is 35.6 Å². The predicted octanol–water partition coefficient (Wildman–Crippen LogP) is 2.01. The lowest BCUT2D eigenvalue weighted by molar-refractivity contribution is 0.0389. The molecule has 0 amide bonds. The van der Waals surface area contributed by atoms with Crippen LogP contribution in [0.25, 0.3) is 0 Å². The van der Waals surface area contributed by atoms with Crippen molar-refractivity contribution in [2.24, 2.45) is 4.99 Å². The van der Waals surface area contributed by atoms with Crippen LogP contribution in [0.5, 0.6) is 0 Å². The highest BCUT2D eigenvalue weighted by atomic mass is 127. The van der Waals surface area contributed by atoms with Gasteiger partial charge in [-0.05, 0) is 38.0 Å². The summed E-state index contributed by atoms with van der Waals surface area (Å²) in [5.41, 5.74) is 2.69. The van der Waals surface area contributed by atoms with E-state index < -0.39 is 0 Å². The maximum absolute atomic E-state index is 5.41. The van der Waals surface area contributed by atoms with Gasteiger partial charge >= 0.3 is 0 Å². The summed E-state index contributed by atoms with van der Waals surface area (Å²) in [4.78, 5) is 12.3. The van der Waals surface area contributed by atoms with Gasteiger partial charge in [-0.1, -0.05) is 12.1 Å². The van der Waals surface area contributed by atoms with Crippen LogP contribution < -0.4 is 15.5 Å². The highest BCUT2D eigenvalue weighted by molar-refractivity contribution is 14.0. The molecule has 0 radical (unpaired) electrons. The van der Waals surface area contributed by atoms with Gasteiger partial charge in [0, 0.05) is 77.7 Å². The number of guanidine groups is 1. The minimum Gasteiger partial charge on any atom is -0.379 e. The predicted molar refractivity (Wildman–Crippen MR) is 141 cm³/mol. The number of ether oxygens (including phenoxy) is 1. The van der Waals surface area contributed by atoms with Crippen molar-refractivity contribution in [2.75, 3.05) is 90.1 Å². The summed E-state index contributed by atoms with van der Waals surface area (Å²) in [6.07, 6.45) is 1.10. The van der Waals surface area contributed by atoms with Gasteiger partial charge in [0.05, 0.1) is 13.2 Å². The van der Waals surface area contributed by atoms with Gasteiger partial charge in [-0.3, -0.25) is 14.8 Å². The molecule has 31 heavy (non-hydrogen) atoms. The van der Waals surface area contributed by atoms with Crippen molar-refractivity contribution in [2.45, 2.75) is 20.3 Å². The number of nitrogens with one attached hydrogen (secondary N) is 2. The fourth-order valence-electron chi connectivity index (χ4n) is 4.04. The van der Waals surface area contributed by atoms with E-state index in [1.54, 1.807) is 0 Å². The minimum atomic E-state index is 0. The Balaban J connectivity index is 0.00000341. The third-order valence-electron chi connectivity index (χ3n) is 5.81. The van der Waals surface area contributed by atoms with E-state index in [1.807, 2.05) is 0 Å². The van der Waals surface area contributed by atoms with Crippen LogP contribution in [0.2, 0.25) is 0 Å². The molecule has 0 aromatic heterocycles. The number of piperazine rings is 1. The summed E-state index contributed by atoms with van der Waals surface area (Å²) in [5.74, 6) is 0.940. The minimum absolute atomic E-state index is 0. The van der Waals surface area contributed by atoms with E-state index in [4.69, 9.17) is 9.73 Å². The fraction of sp³-hybridized carbons (Fsp3) is 0.696. The van der Waals surface area contributed by atoms with E-state index >= 15 is 0 Å². The van der Waals surface area contributed by atoms with Crippen molar-refractivity contribution in [3.63, 3.8) is 0 Å². The first-order chi connectivity index (χ1) is 14.7. The zero-order valence-corrected chi connectivity index (χ0v) is 21.6. The Kier molecular flexibility index (Phi) is 12.5. The standard InChI is InChI=1S/C23H40N6O.HI/c1-3-24-23(26-9-11-28-16-18-30-19-17-28)25-8-5-10-27-12-14-29(15-13-27)22-7-4-6-21(2)20-22;/h4,6-7,20H,3,5,8-19H2,1-2H3,(H2,24,25,26);1H. The summed E-state index contributed by atoms with van der Waals surface area (Å²) in [5, 5.41) is 6.83. The second-order valence-electron chi connectivity index (χ2n) is 8.16. The van der Waals surface area contributed by atoms with Crippen LogP contribution in [0.15, 0.2) is 29.3 Å².